The minimum atomic E-state index is -1.35. The molecular formula is C11H11FN4O2. The lowest BCUT2D eigenvalue weighted by molar-refractivity contribution is 0.0692. The third kappa shape index (κ3) is 2.24. The first kappa shape index (κ1) is 11.9. The number of aryl methyl sites for hydroxylation is 1. The molecule has 6 nitrogen and oxygen atoms in total. The maximum absolute atomic E-state index is 13.5. The van der Waals surface area contributed by atoms with Gasteiger partial charge in [0, 0.05) is 19.3 Å². The highest BCUT2D eigenvalue weighted by Crippen LogP contribution is 2.26. The number of nitrogen functional groups attached to an aromatic ring is 1. The van der Waals surface area contributed by atoms with E-state index in [9.17, 15) is 9.18 Å². The second-order valence-corrected chi connectivity index (χ2v) is 3.75. The van der Waals surface area contributed by atoms with Crippen molar-refractivity contribution in [3.8, 4) is 0 Å². The molecule has 2 aromatic rings. The highest BCUT2D eigenvalue weighted by Gasteiger charge is 2.14. The number of aromatic carboxylic acids is 1. The predicted molar refractivity (Wildman–Crippen MR) is 64.3 cm³/mol. The Morgan fingerprint density at radius 3 is 2.83 bits per heavy atom. The Morgan fingerprint density at radius 2 is 2.28 bits per heavy atom. The van der Waals surface area contributed by atoms with Crippen LogP contribution in [-0.4, -0.2) is 20.9 Å². The zero-order chi connectivity index (χ0) is 13.3. The van der Waals surface area contributed by atoms with Crippen LogP contribution in [0.1, 0.15) is 10.4 Å². The fourth-order valence-corrected chi connectivity index (χ4v) is 1.50. The molecule has 0 aliphatic carbocycles. The molecule has 0 amide bonds. The van der Waals surface area contributed by atoms with Crippen molar-refractivity contribution >= 4 is 23.0 Å². The lowest BCUT2D eigenvalue weighted by Gasteiger charge is -2.09. The molecule has 1 aromatic carbocycles. The number of hydrogen-bond acceptors (Lipinski definition) is 4. The maximum Gasteiger partial charge on any atom is 0.338 e. The van der Waals surface area contributed by atoms with Crippen LogP contribution in [-0.2, 0) is 7.05 Å². The van der Waals surface area contributed by atoms with Crippen molar-refractivity contribution in [2.45, 2.75) is 0 Å². The Hall–Kier alpha value is -2.57. The number of nitrogens with zero attached hydrogens (tertiary/aromatic N) is 2. The number of anilines is 3. The van der Waals surface area contributed by atoms with Gasteiger partial charge in [-0.25, -0.2) is 9.18 Å². The van der Waals surface area contributed by atoms with E-state index in [2.05, 4.69) is 10.4 Å². The number of nitrogens with one attached hydrogen (secondary N) is 1. The highest BCUT2D eigenvalue weighted by atomic mass is 19.1. The summed E-state index contributed by atoms with van der Waals surface area (Å²) in [7, 11) is 1.74. The Morgan fingerprint density at radius 1 is 1.56 bits per heavy atom. The molecule has 2 rings (SSSR count). The second-order valence-electron chi connectivity index (χ2n) is 3.75. The molecule has 0 fully saturated rings. The van der Waals surface area contributed by atoms with Gasteiger partial charge < -0.3 is 16.2 Å². The van der Waals surface area contributed by atoms with E-state index < -0.39 is 17.3 Å². The van der Waals surface area contributed by atoms with Crippen LogP contribution >= 0.6 is 0 Å². The van der Waals surface area contributed by atoms with E-state index >= 15 is 0 Å². The summed E-state index contributed by atoms with van der Waals surface area (Å²) < 4.78 is 15.1. The van der Waals surface area contributed by atoms with Crippen LogP contribution in [0, 0.1) is 5.82 Å². The van der Waals surface area contributed by atoms with Gasteiger partial charge in [-0.2, -0.15) is 5.10 Å². The van der Waals surface area contributed by atoms with Crippen molar-refractivity contribution in [2.24, 2.45) is 7.05 Å². The quantitative estimate of drug-likeness (QED) is 0.719. The third-order valence-corrected chi connectivity index (χ3v) is 2.35. The molecule has 0 aliphatic rings. The van der Waals surface area contributed by atoms with Gasteiger partial charge in [0.1, 0.15) is 5.82 Å². The number of hydrogen-bond donors (Lipinski definition) is 3. The first-order chi connectivity index (χ1) is 8.47. The van der Waals surface area contributed by atoms with Gasteiger partial charge in [-0.1, -0.05) is 0 Å². The average Bonchev–Trinajstić information content (AvgIpc) is 2.68. The fraction of sp³-hybridized carbons (Fsp3) is 0.0909. The van der Waals surface area contributed by atoms with Crippen molar-refractivity contribution in [3.05, 3.63) is 35.9 Å². The van der Waals surface area contributed by atoms with Crippen molar-refractivity contribution < 1.29 is 14.3 Å². The van der Waals surface area contributed by atoms with Gasteiger partial charge >= 0.3 is 5.97 Å². The predicted octanol–water partition coefficient (Wildman–Crippen LogP) is 1.58. The number of nitrogens with two attached hydrogens (primary N) is 1. The van der Waals surface area contributed by atoms with Gasteiger partial charge in [-0.15, -0.1) is 0 Å². The molecule has 0 spiro atoms. The third-order valence-electron chi connectivity index (χ3n) is 2.35. The van der Waals surface area contributed by atoms with E-state index in [0.717, 1.165) is 12.1 Å². The number of rotatable bonds is 3. The lowest BCUT2D eigenvalue weighted by Crippen LogP contribution is -2.04. The number of carboxylic acids is 1. The van der Waals surface area contributed by atoms with Crippen molar-refractivity contribution in [3.63, 3.8) is 0 Å². The van der Waals surface area contributed by atoms with Gasteiger partial charge in [0.25, 0.3) is 0 Å². The maximum atomic E-state index is 13.5. The van der Waals surface area contributed by atoms with Gasteiger partial charge in [0.2, 0.25) is 0 Å². The van der Waals surface area contributed by atoms with Crippen molar-refractivity contribution in [1.29, 1.82) is 0 Å². The Bertz CT molecular complexity index is 609. The molecule has 7 heteroatoms. The standard InChI is InChI=1S/C11H11FN4O2/c1-16-5-6(4-14-16)15-10-3-8(12)7(11(17)18)2-9(10)13/h2-5,15H,13H2,1H3,(H,17,18). The minimum absolute atomic E-state index is 0.151. The summed E-state index contributed by atoms with van der Waals surface area (Å²) >= 11 is 0. The van der Waals surface area contributed by atoms with Crippen LogP contribution in [0.15, 0.2) is 24.5 Å². The topological polar surface area (TPSA) is 93.2 Å². The Labute approximate surface area is 102 Å². The summed E-state index contributed by atoms with van der Waals surface area (Å²) in [5, 5.41) is 15.5. The van der Waals surface area contributed by atoms with Crippen molar-refractivity contribution in [1.82, 2.24) is 9.78 Å². The van der Waals surface area contributed by atoms with E-state index in [0.29, 0.717) is 11.4 Å². The molecule has 0 aliphatic heterocycles. The summed E-state index contributed by atoms with van der Waals surface area (Å²) in [5.74, 6) is -2.20. The minimum Gasteiger partial charge on any atom is -0.478 e. The normalized spacial score (nSPS) is 10.3. The zero-order valence-electron chi connectivity index (χ0n) is 9.51. The van der Waals surface area contributed by atoms with Crippen LogP contribution in [0.3, 0.4) is 0 Å². The van der Waals surface area contributed by atoms with Crippen molar-refractivity contribution in [2.75, 3.05) is 11.1 Å². The van der Waals surface area contributed by atoms with E-state index in [1.54, 1.807) is 24.1 Å². The fourth-order valence-electron chi connectivity index (χ4n) is 1.50. The van der Waals surface area contributed by atoms with Gasteiger partial charge in [0.05, 0.1) is 28.8 Å². The van der Waals surface area contributed by atoms with Crippen LogP contribution in [0.5, 0.6) is 0 Å². The van der Waals surface area contributed by atoms with Crippen LogP contribution in [0.25, 0.3) is 0 Å². The van der Waals surface area contributed by atoms with E-state index in [4.69, 9.17) is 10.8 Å². The average molecular weight is 250 g/mol. The molecule has 0 radical (unpaired) electrons. The summed E-state index contributed by atoms with van der Waals surface area (Å²) in [6.07, 6.45) is 3.23. The van der Waals surface area contributed by atoms with E-state index in [-0.39, 0.29) is 5.69 Å². The molecule has 18 heavy (non-hydrogen) atoms. The van der Waals surface area contributed by atoms with E-state index in [1.165, 1.54) is 0 Å². The molecule has 0 atom stereocenters. The number of carboxylic acid groups (broad SMARTS) is 1. The molecule has 1 aromatic heterocycles. The van der Waals surface area contributed by atoms with Gasteiger partial charge in [-0.05, 0) is 6.07 Å². The van der Waals surface area contributed by atoms with Crippen LogP contribution < -0.4 is 11.1 Å². The number of benzene rings is 1. The summed E-state index contributed by atoms with van der Waals surface area (Å²) in [6, 6.07) is 2.13. The number of halogens is 1. The highest BCUT2D eigenvalue weighted by molar-refractivity contribution is 5.91. The second kappa shape index (κ2) is 4.36. The zero-order valence-corrected chi connectivity index (χ0v) is 9.51. The van der Waals surface area contributed by atoms with E-state index in [1.807, 2.05) is 0 Å². The monoisotopic (exact) mass is 250 g/mol. The molecule has 0 saturated heterocycles. The van der Waals surface area contributed by atoms with Crippen LogP contribution in [0.2, 0.25) is 0 Å². The molecule has 4 N–H and O–H groups in total. The molecule has 0 bridgehead atoms. The number of aromatic nitrogens is 2. The van der Waals surface area contributed by atoms with Gasteiger partial charge in [-0.3, -0.25) is 4.68 Å². The smallest absolute Gasteiger partial charge is 0.338 e. The molecule has 1 heterocycles. The summed E-state index contributed by atoms with van der Waals surface area (Å²) in [5.41, 5.74) is 6.29. The Balaban J connectivity index is 2.35. The molecule has 0 saturated carbocycles. The molecular weight excluding hydrogens is 239 g/mol. The summed E-state index contributed by atoms with van der Waals surface area (Å²) in [6.45, 7) is 0. The Kier molecular flexibility index (Phi) is 2.88. The SMILES string of the molecule is Cn1cc(Nc2cc(F)c(C(=O)O)cc2N)cn1. The summed E-state index contributed by atoms with van der Waals surface area (Å²) in [4.78, 5) is 10.7. The van der Waals surface area contributed by atoms with Gasteiger partial charge in [0.15, 0.2) is 0 Å². The first-order valence-corrected chi connectivity index (χ1v) is 5.05. The van der Waals surface area contributed by atoms with Crippen LogP contribution in [0.4, 0.5) is 21.5 Å². The molecule has 94 valence electrons. The largest absolute Gasteiger partial charge is 0.478 e. The first-order valence-electron chi connectivity index (χ1n) is 5.05. The number of carbonyl (C=O) groups is 1. The lowest BCUT2D eigenvalue weighted by atomic mass is 10.1. The molecule has 0 unspecified atom stereocenters.